The molecule has 0 bridgehead atoms. The molecular formula is C52H24S16. The average molecular weight is 1160 g/mol. The second kappa shape index (κ2) is 17.2. The quantitative estimate of drug-likeness (QED) is 0.142. The van der Waals surface area contributed by atoms with Gasteiger partial charge in [0.2, 0.25) is 0 Å². The molecule has 16 aromatic heterocycles. The lowest BCUT2D eigenvalue weighted by Crippen LogP contribution is -1.60. The van der Waals surface area contributed by atoms with E-state index in [1.165, 1.54) is 134 Å². The third-order valence-corrected chi connectivity index (χ3v) is 30.2. The van der Waals surface area contributed by atoms with Gasteiger partial charge in [-0.25, -0.2) is 0 Å². The van der Waals surface area contributed by atoms with E-state index in [4.69, 9.17) is 0 Å². The number of thiophene rings is 16. The Bertz CT molecular complexity index is 3910. The minimum absolute atomic E-state index is 1.34. The molecule has 0 nitrogen and oxygen atoms in total. The summed E-state index contributed by atoms with van der Waals surface area (Å²) in [4.78, 5) is 16.4. The van der Waals surface area contributed by atoms with Crippen LogP contribution >= 0.6 is 181 Å². The fraction of sp³-hybridized carbons (Fsp3) is 0. The highest BCUT2D eigenvalue weighted by atomic mass is 32.2. The largest absolute Gasteiger partial charge is 0.143 e. The molecule has 0 aliphatic heterocycles. The summed E-state index contributed by atoms with van der Waals surface area (Å²) in [6.07, 6.45) is 9.19. The van der Waals surface area contributed by atoms with Crippen molar-refractivity contribution in [1.29, 1.82) is 0 Å². The number of hydrogen-bond acceptors (Lipinski definition) is 16. The third kappa shape index (κ3) is 7.49. The molecule has 16 rings (SSSR count). The molecule has 0 radical (unpaired) electrons. The fourth-order valence-corrected chi connectivity index (χ4v) is 27.6. The molecule has 16 aromatic rings. The molecule has 0 aliphatic rings. The van der Waals surface area contributed by atoms with Gasteiger partial charge in [-0.3, -0.25) is 0 Å². The molecule has 68 heavy (non-hydrogen) atoms. The van der Waals surface area contributed by atoms with Crippen LogP contribution in [0.1, 0.15) is 19.5 Å². The van der Waals surface area contributed by atoms with Gasteiger partial charge in [-0.05, 0) is 119 Å². The molecule has 0 aromatic carbocycles. The Kier molecular flexibility index (Phi) is 10.7. The molecule has 0 N–H and O–H groups in total. The predicted octanol–water partition coefficient (Wildman–Crippen LogP) is 24.6. The Balaban J connectivity index is 0.000000124. The first-order valence-electron chi connectivity index (χ1n) is 20.9. The Morgan fingerprint density at radius 2 is 0.441 bits per heavy atom. The van der Waals surface area contributed by atoms with Crippen LogP contribution in [0.2, 0.25) is 0 Å². The molecule has 0 saturated carbocycles. The first-order valence-corrected chi connectivity index (χ1v) is 34.2. The highest BCUT2D eigenvalue weighted by molar-refractivity contribution is 7.52. The zero-order chi connectivity index (χ0) is 44.5. The van der Waals surface area contributed by atoms with Crippen LogP contribution in [0.3, 0.4) is 0 Å². The zero-order valence-electron chi connectivity index (χ0n) is 34.4. The van der Waals surface area contributed by atoms with Gasteiger partial charge in [-0.1, -0.05) is 24.3 Å². The average Bonchev–Trinajstić information content (AvgIpc) is 4.15. The van der Waals surface area contributed by atoms with Crippen molar-refractivity contribution in [2.75, 3.05) is 0 Å². The summed E-state index contributed by atoms with van der Waals surface area (Å²) in [6, 6.07) is 36.5. The van der Waals surface area contributed by atoms with Gasteiger partial charge in [0.25, 0.3) is 0 Å². The lowest BCUT2D eigenvalue weighted by molar-refractivity contribution is 1.96. The van der Waals surface area contributed by atoms with Crippen LogP contribution < -0.4 is 0 Å². The maximum atomic E-state index is 2.38. The summed E-state index contributed by atoms with van der Waals surface area (Å²) in [5, 5.41) is 20.0. The lowest BCUT2D eigenvalue weighted by Gasteiger charge is -1.86. The van der Waals surface area contributed by atoms with E-state index in [9.17, 15) is 0 Å². The summed E-state index contributed by atoms with van der Waals surface area (Å²) in [6.45, 7) is 0. The summed E-state index contributed by atoms with van der Waals surface area (Å²) < 4.78 is 11.5. The maximum absolute atomic E-state index is 2.38. The topological polar surface area (TPSA) is 0 Å². The van der Waals surface area contributed by atoms with E-state index >= 15 is 0 Å². The summed E-state index contributed by atoms with van der Waals surface area (Å²) in [5.74, 6) is 0. The number of hydrogen-bond donors (Lipinski definition) is 0. The fourth-order valence-electron chi connectivity index (χ4n) is 8.33. The molecule has 0 saturated heterocycles. The van der Waals surface area contributed by atoms with Gasteiger partial charge < -0.3 is 0 Å². The lowest BCUT2D eigenvalue weighted by atomic mass is 10.2. The summed E-state index contributed by atoms with van der Waals surface area (Å²) in [7, 11) is 0. The van der Waals surface area contributed by atoms with E-state index in [1.807, 2.05) is 181 Å². The van der Waals surface area contributed by atoms with Crippen LogP contribution in [-0.4, -0.2) is 0 Å². The van der Waals surface area contributed by atoms with Crippen LogP contribution in [0.5, 0.6) is 0 Å². The van der Waals surface area contributed by atoms with Crippen molar-refractivity contribution in [1.82, 2.24) is 0 Å². The first kappa shape index (κ1) is 42.4. The molecule has 0 fully saturated rings. The Morgan fingerprint density at radius 3 is 0.662 bits per heavy atom. The van der Waals surface area contributed by atoms with Crippen molar-refractivity contribution in [3.05, 3.63) is 138 Å². The van der Waals surface area contributed by atoms with E-state index in [0.29, 0.717) is 0 Å². The summed E-state index contributed by atoms with van der Waals surface area (Å²) >= 11 is 30.4. The van der Waals surface area contributed by atoms with Crippen LogP contribution in [0.25, 0.3) is 139 Å². The standard InChI is InChI=1S/2C26H12S8/c2*1-3-19(27-7-1)21-11-17-15-9-13(29-23(15)33-25(17)31-21)5-6-14-10-16-18-12-22(20-4-2-8-28-20)32-26(18)34-24(16)30-14/h2*1-12H/b2*6-5+. The van der Waals surface area contributed by atoms with Crippen molar-refractivity contribution in [3.8, 4) is 39.0 Å². The van der Waals surface area contributed by atoms with Crippen molar-refractivity contribution in [2.45, 2.75) is 0 Å². The SMILES string of the molecule is C(=C\c1cc2c(s1)sc1sc(-c3cccs3)cc12)/c1cc2c(s1)sc1sc(-c3cccs3)cc12.C(=C\c1cc2c(s1)sc1sc(-c3cccs3)cc12)/c1cc2c(s1)sc1sc(-c3cccs3)cc12. The van der Waals surface area contributed by atoms with Gasteiger partial charge in [0, 0.05) is 102 Å². The van der Waals surface area contributed by atoms with Gasteiger partial charge in [0.15, 0.2) is 0 Å². The normalized spacial score (nSPS) is 12.6. The molecule has 16 heterocycles. The van der Waals surface area contributed by atoms with Crippen LogP contribution in [0.4, 0.5) is 0 Å². The van der Waals surface area contributed by atoms with Gasteiger partial charge in [0.1, 0.15) is 0 Å². The van der Waals surface area contributed by atoms with Crippen LogP contribution in [0.15, 0.2) is 119 Å². The van der Waals surface area contributed by atoms with Crippen molar-refractivity contribution in [3.63, 3.8) is 0 Å². The van der Waals surface area contributed by atoms with Gasteiger partial charge in [-0.15, -0.1) is 181 Å². The molecule has 0 amide bonds. The van der Waals surface area contributed by atoms with E-state index in [2.05, 4.69) is 143 Å². The second-order valence-corrected chi connectivity index (χ2v) is 34.1. The van der Waals surface area contributed by atoms with E-state index < -0.39 is 0 Å². The zero-order valence-corrected chi connectivity index (χ0v) is 47.5. The number of rotatable bonds is 8. The Morgan fingerprint density at radius 1 is 0.221 bits per heavy atom. The van der Waals surface area contributed by atoms with Crippen molar-refractivity contribution < 1.29 is 0 Å². The van der Waals surface area contributed by atoms with Crippen LogP contribution in [-0.2, 0) is 0 Å². The number of fused-ring (bicyclic) bond motifs is 12. The molecule has 328 valence electrons. The third-order valence-electron chi connectivity index (χ3n) is 11.4. The minimum Gasteiger partial charge on any atom is -0.143 e. The van der Waals surface area contributed by atoms with Gasteiger partial charge >= 0.3 is 0 Å². The van der Waals surface area contributed by atoms with Gasteiger partial charge in [-0.2, -0.15) is 0 Å². The van der Waals surface area contributed by atoms with Crippen molar-refractivity contribution >= 4 is 281 Å². The predicted molar refractivity (Wildman–Crippen MR) is 331 cm³/mol. The summed E-state index contributed by atoms with van der Waals surface area (Å²) in [5.41, 5.74) is 0. The molecule has 0 atom stereocenters. The molecular weight excluding hydrogens is 1140 g/mol. The highest BCUT2D eigenvalue weighted by Gasteiger charge is 2.18. The first-order chi connectivity index (χ1) is 33.6. The monoisotopic (exact) mass is 1160 g/mol. The van der Waals surface area contributed by atoms with Gasteiger partial charge in [0.05, 0.1) is 32.1 Å². The Labute approximate surface area is 452 Å². The molecule has 0 aliphatic carbocycles. The van der Waals surface area contributed by atoms with E-state index in [0.717, 1.165) is 0 Å². The Hall–Kier alpha value is -3.24. The van der Waals surface area contributed by atoms with E-state index in [1.54, 1.807) is 0 Å². The minimum atomic E-state index is 1.34. The molecule has 0 unspecified atom stereocenters. The molecule has 0 spiro atoms. The van der Waals surface area contributed by atoms with E-state index in [-0.39, 0.29) is 0 Å². The second-order valence-electron chi connectivity index (χ2n) is 15.6. The highest BCUT2D eigenvalue weighted by Crippen LogP contribution is 2.51. The maximum Gasteiger partial charge on any atom is 0.0893 e. The van der Waals surface area contributed by atoms with Crippen LogP contribution in [0, 0.1) is 0 Å². The smallest absolute Gasteiger partial charge is 0.0893 e. The molecule has 16 heteroatoms. The van der Waals surface area contributed by atoms with Crippen molar-refractivity contribution in [2.24, 2.45) is 0 Å².